The first-order chi connectivity index (χ1) is 10.6. The number of hydrogen-bond acceptors (Lipinski definition) is 3. The van der Waals surface area contributed by atoms with Gasteiger partial charge in [-0.3, -0.25) is 9.59 Å². The van der Waals surface area contributed by atoms with Crippen LogP contribution in [0, 0.1) is 11.8 Å². The Balaban J connectivity index is 0.00000192. The fourth-order valence-electron chi connectivity index (χ4n) is 3.57. The molecule has 126 valence electrons. The van der Waals surface area contributed by atoms with Crippen molar-refractivity contribution >= 4 is 29.9 Å². The number of rotatable bonds is 3. The number of fused-ring (bicyclic) bond motifs is 1. The molecule has 2 atom stereocenters. The molecule has 2 amide bonds. The third kappa shape index (κ3) is 3.35. The highest BCUT2D eigenvalue weighted by atomic mass is 35.5. The molecule has 1 saturated heterocycles. The molecule has 2 heterocycles. The first kappa shape index (κ1) is 17.8. The van der Waals surface area contributed by atoms with Gasteiger partial charge in [-0.2, -0.15) is 0 Å². The predicted molar refractivity (Wildman–Crippen MR) is 92.6 cm³/mol. The van der Waals surface area contributed by atoms with Gasteiger partial charge in [0.15, 0.2) is 0 Å². The van der Waals surface area contributed by atoms with E-state index in [9.17, 15) is 9.59 Å². The van der Waals surface area contributed by atoms with Crippen molar-refractivity contribution in [1.29, 1.82) is 0 Å². The lowest BCUT2D eigenvalue weighted by Gasteiger charge is -2.35. The maximum atomic E-state index is 12.3. The largest absolute Gasteiger partial charge is 0.342 e. The summed E-state index contributed by atoms with van der Waals surface area (Å²) in [5.41, 5.74) is 7.62. The standard InChI is InChI=1S/C17H23N3O2.ClH/c1-11(10-18)17(22)20-8-6-12(7-9-20)15-13-4-2-3-5-14(13)19-16(15)21;/h2-5,11-12,15H,6-10,18H2,1H3,(H,19,21);1H. The Labute approximate surface area is 143 Å². The highest BCUT2D eigenvalue weighted by Gasteiger charge is 2.38. The van der Waals surface area contributed by atoms with E-state index < -0.39 is 0 Å². The quantitative estimate of drug-likeness (QED) is 0.885. The van der Waals surface area contributed by atoms with Gasteiger partial charge in [0.05, 0.1) is 5.92 Å². The summed E-state index contributed by atoms with van der Waals surface area (Å²) in [7, 11) is 0. The summed E-state index contributed by atoms with van der Waals surface area (Å²) in [4.78, 5) is 26.4. The van der Waals surface area contributed by atoms with E-state index in [0.717, 1.165) is 37.2 Å². The topological polar surface area (TPSA) is 75.4 Å². The van der Waals surface area contributed by atoms with Crippen molar-refractivity contribution in [3.63, 3.8) is 0 Å². The average Bonchev–Trinajstić information content (AvgIpc) is 2.89. The van der Waals surface area contributed by atoms with Gasteiger partial charge in [-0.25, -0.2) is 0 Å². The molecular formula is C17H24ClN3O2. The summed E-state index contributed by atoms with van der Waals surface area (Å²) in [6, 6.07) is 7.91. The van der Waals surface area contributed by atoms with Crippen molar-refractivity contribution in [2.24, 2.45) is 17.6 Å². The van der Waals surface area contributed by atoms with E-state index in [-0.39, 0.29) is 36.1 Å². The van der Waals surface area contributed by atoms with E-state index >= 15 is 0 Å². The lowest BCUT2D eigenvalue weighted by molar-refractivity contribution is -0.136. The van der Waals surface area contributed by atoms with Gasteiger partial charge in [0.1, 0.15) is 0 Å². The fraction of sp³-hybridized carbons (Fsp3) is 0.529. The zero-order valence-electron chi connectivity index (χ0n) is 13.3. The first-order valence-corrected chi connectivity index (χ1v) is 8.00. The molecular weight excluding hydrogens is 314 g/mol. The van der Waals surface area contributed by atoms with Crippen molar-refractivity contribution in [1.82, 2.24) is 4.90 Å². The molecule has 0 radical (unpaired) electrons. The molecule has 1 fully saturated rings. The van der Waals surface area contributed by atoms with Gasteiger partial charge in [0, 0.05) is 31.2 Å². The second-order valence-corrected chi connectivity index (χ2v) is 6.35. The minimum atomic E-state index is -0.118. The van der Waals surface area contributed by atoms with Gasteiger partial charge >= 0.3 is 0 Å². The molecule has 1 aromatic rings. The highest BCUT2D eigenvalue weighted by Crippen LogP contribution is 2.41. The molecule has 2 unspecified atom stereocenters. The third-order valence-electron chi connectivity index (χ3n) is 4.93. The number of carbonyl (C=O) groups excluding carboxylic acids is 2. The lowest BCUT2D eigenvalue weighted by atomic mass is 9.80. The number of likely N-dealkylation sites (tertiary alicyclic amines) is 1. The summed E-state index contributed by atoms with van der Waals surface area (Å²) in [6.45, 7) is 3.70. The molecule has 0 aliphatic carbocycles. The number of nitrogens with two attached hydrogens (primary N) is 1. The van der Waals surface area contributed by atoms with Crippen molar-refractivity contribution in [2.45, 2.75) is 25.7 Å². The molecule has 0 spiro atoms. The molecule has 2 aliphatic heterocycles. The lowest BCUT2D eigenvalue weighted by Crippen LogP contribution is -2.44. The molecule has 2 aliphatic rings. The van der Waals surface area contributed by atoms with Crippen LogP contribution >= 0.6 is 12.4 Å². The molecule has 3 N–H and O–H groups in total. The monoisotopic (exact) mass is 337 g/mol. The maximum Gasteiger partial charge on any atom is 0.232 e. The normalized spacial score (nSPS) is 22.1. The van der Waals surface area contributed by atoms with Crippen LogP contribution in [0.4, 0.5) is 5.69 Å². The number of nitrogens with one attached hydrogen (secondary N) is 1. The Morgan fingerprint density at radius 2 is 2.00 bits per heavy atom. The Kier molecular flexibility index (Phi) is 5.65. The number of nitrogens with zero attached hydrogens (tertiary/aromatic N) is 1. The van der Waals surface area contributed by atoms with Crippen LogP contribution in [0.25, 0.3) is 0 Å². The Hall–Kier alpha value is -1.59. The van der Waals surface area contributed by atoms with Crippen LogP contribution in [0.15, 0.2) is 24.3 Å². The highest BCUT2D eigenvalue weighted by molar-refractivity contribution is 6.03. The molecule has 1 aromatic carbocycles. The van der Waals surface area contributed by atoms with E-state index in [1.165, 1.54) is 0 Å². The number of benzene rings is 1. The van der Waals surface area contributed by atoms with E-state index in [4.69, 9.17) is 5.73 Å². The number of piperidine rings is 1. The van der Waals surface area contributed by atoms with Crippen LogP contribution in [0.2, 0.25) is 0 Å². The molecule has 0 bridgehead atoms. The molecule has 5 nitrogen and oxygen atoms in total. The summed E-state index contributed by atoms with van der Waals surface area (Å²) in [6.07, 6.45) is 1.74. The van der Waals surface area contributed by atoms with Gasteiger partial charge < -0.3 is 16.0 Å². The molecule has 6 heteroatoms. The third-order valence-corrected chi connectivity index (χ3v) is 4.93. The Bertz CT molecular complexity index is 585. The van der Waals surface area contributed by atoms with Crippen LogP contribution in [-0.4, -0.2) is 36.3 Å². The van der Waals surface area contributed by atoms with Gasteiger partial charge in [-0.05, 0) is 30.4 Å². The maximum absolute atomic E-state index is 12.3. The van der Waals surface area contributed by atoms with Crippen molar-refractivity contribution in [3.05, 3.63) is 29.8 Å². The van der Waals surface area contributed by atoms with Crippen LogP contribution in [0.3, 0.4) is 0 Å². The van der Waals surface area contributed by atoms with Crippen LogP contribution < -0.4 is 11.1 Å². The van der Waals surface area contributed by atoms with Crippen molar-refractivity contribution in [2.75, 3.05) is 25.0 Å². The first-order valence-electron chi connectivity index (χ1n) is 8.00. The molecule has 0 aromatic heterocycles. The van der Waals surface area contributed by atoms with Gasteiger partial charge in [0.2, 0.25) is 11.8 Å². The van der Waals surface area contributed by atoms with Crippen molar-refractivity contribution in [3.8, 4) is 0 Å². The molecule has 0 saturated carbocycles. The number of halogens is 1. The van der Waals surface area contributed by atoms with Gasteiger partial charge in [-0.1, -0.05) is 25.1 Å². The van der Waals surface area contributed by atoms with E-state index in [1.54, 1.807) is 0 Å². The SMILES string of the molecule is CC(CN)C(=O)N1CCC(C2C(=O)Nc3ccccc32)CC1.Cl. The second-order valence-electron chi connectivity index (χ2n) is 6.35. The van der Waals surface area contributed by atoms with Crippen LogP contribution in [0.1, 0.15) is 31.2 Å². The summed E-state index contributed by atoms with van der Waals surface area (Å²) in [5, 5.41) is 2.97. The number of carbonyl (C=O) groups is 2. The Morgan fingerprint density at radius 1 is 1.35 bits per heavy atom. The summed E-state index contributed by atoms with van der Waals surface area (Å²) in [5.74, 6) is 0.354. The zero-order chi connectivity index (χ0) is 15.7. The summed E-state index contributed by atoms with van der Waals surface area (Å²) < 4.78 is 0. The number of hydrogen-bond donors (Lipinski definition) is 2. The van der Waals surface area contributed by atoms with Gasteiger partial charge in [-0.15, -0.1) is 12.4 Å². The average molecular weight is 338 g/mol. The number of anilines is 1. The molecule has 3 rings (SSSR count). The van der Waals surface area contributed by atoms with E-state index in [0.29, 0.717) is 12.5 Å². The van der Waals surface area contributed by atoms with Gasteiger partial charge in [0.25, 0.3) is 0 Å². The van der Waals surface area contributed by atoms with Crippen molar-refractivity contribution < 1.29 is 9.59 Å². The second kappa shape index (κ2) is 7.32. The smallest absolute Gasteiger partial charge is 0.232 e. The van der Waals surface area contributed by atoms with Crippen LogP contribution in [-0.2, 0) is 9.59 Å². The summed E-state index contributed by atoms with van der Waals surface area (Å²) >= 11 is 0. The number of para-hydroxylation sites is 1. The fourth-order valence-corrected chi connectivity index (χ4v) is 3.57. The minimum absolute atomic E-state index is 0. The zero-order valence-corrected chi connectivity index (χ0v) is 14.1. The van der Waals surface area contributed by atoms with Crippen LogP contribution in [0.5, 0.6) is 0 Å². The van der Waals surface area contributed by atoms with E-state index in [2.05, 4.69) is 5.32 Å². The Morgan fingerprint density at radius 3 is 2.65 bits per heavy atom. The predicted octanol–water partition coefficient (Wildman–Crippen LogP) is 1.98. The number of amides is 2. The minimum Gasteiger partial charge on any atom is -0.342 e. The van der Waals surface area contributed by atoms with E-state index in [1.807, 2.05) is 36.1 Å². The molecule has 23 heavy (non-hydrogen) atoms.